The highest BCUT2D eigenvalue weighted by molar-refractivity contribution is 9.10. The van der Waals surface area contributed by atoms with E-state index in [1.165, 1.54) is 0 Å². The van der Waals surface area contributed by atoms with Crippen LogP contribution in [0.3, 0.4) is 0 Å². The molecular formula is C14H18BrN3O. The summed E-state index contributed by atoms with van der Waals surface area (Å²) in [5.41, 5.74) is 7.14. The number of hydrogen-bond acceptors (Lipinski definition) is 4. The van der Waals surface area contributed by atoms with Crippen molar-refractivity contribution in [3.05, 3.63) is 46.0 Å². The maximum absolute atomic E-state index is 6.10. The molecule has 1 aromatic heterocycles. The van der Waals surface area contributed by atoms with Crippen LogP contribution in [-0.2, 0) is 6.42 Å². The molecule has 19 heavy (non-hydrogen) atoms. The van der Waals surface area contributed by atoms with E-state index in [1.54, 1.807) is 0 Å². The summed E-state index contributed by atoms with van der Waals surface area (Å²) in [4.78, 5) is 4.38. The normalized spacial score (nSPS) is 13.5. The largest absolute Gasteiger partial charge is 0.338 e. The van der Waals surface area contributed by atoms with Gasteiger partial charge in [-0.2, -0.15) is 4.98 Å². The van der Waals surface area contributed by atoms with Crippen LogP contribution in [0.1, 0.15) is 44.1 Å². The molecule has 2 aromatic rings. The highest BCUT2D eigenvalue weighted by atomic mass is 79.9. The molecule has 1 atom stereocenters. The van der Waals surface area contributed by atoms with Crippen molar-refractivity contribution in [3.63, 3.8) is 0 Å². The minimum absolute atomic E-state index is 0.0958. The van der Waals surface area contributed by atoms with Crippen molar-refractivity contribution in [1.29, 1.82) is 0 Å². The van der Waals surface area contributed by atoms with Gasteiger partial charge in [-0.1, -0.05) is 54.0 Å². The van der Waals surface area contributed by atoms with E-state index in [0.29, 0.717) is 18.1 Å². The van der Waals surface area contributed by atoms with E-state index in [9.17, 15) is 0 Å². The Morgan fingerprint density at radius 2 is 1.89 bits per heavy atom. The predicted octanol–water partition coefficient (Wildman–Crippen LogP) is 3.47. The standard InChI is InChI=1S/C14H18BrN3O/c1-14(2,3)12(16)13-17-11(18-19-13)8-9-4-6-10(15)7-5-9/h4-7,12H,8,16H2,1-3H3/t12-/m1/s1. The Bertz CT molecular complexity index is 543. The molecule has 0 bridgehead atoms. The van der Waals surface area contributed by atoms with Crippen LogP contribution in [0.25, 0.3) is 0 Å². The second kappa shape index (κ2) is 5.43. The van der Waals surface area contributed by atoms with Crippen LogP contribution in [0.5, 0.6) is 0 Å². The molecule has 1 heterocycles. The van der Waals surface area contributed by atoms with Gasteiger partial charge in [-0.05, 0) is 23.1 Å². The Kier molecular flexibility index (Phi) is 4.06. The Morgan fingerprint density at radius 3 is 2.47 bits per heavy atom. The molecule has 1 aromatic carbocycles. The van der Waals surface area contributed by atoms with Crippen molar-refractivity contribution >= 4 is 15.9 Å². The lowest BCUT2D eigenvalue weighted by Gasteiger charge is -2.23. The van der Waals surface area contributed by atoms with Crippen molar-refractivity contribution in [2.24, 2.45) is 11.1 Å². The summed E-state index contributed by atoms with van der Waals surface area (Å²) < 4.78 is 6.31. The second-order valence-corrected chi connectivity index (χ2v) is 6.61. The predicted molar refractivity (Wildman–Crippen MR) is 77.6 cm³/mol. The molecule has 0 radical (unpaired) electrons. The first-order valence-electron chi connectivity index (χ1n) is 6.19. The molecule has 0 spiro atoms. The van der Waals surface area contributed by atoms with Crippen LogP contribution in [0.2, 0.25) is 0 Å². The minimum Gasteiger partial charge on any atom is -0.338 e. The fourth-order valence-electron chi connectivity index (χ4n) is 1.62. The van der Waals surface area contributed by atoms with Gasteiger partial charge < -0.3 is 10.3 Å². The molecule has 0 saturated carbocycles. The SMILES string of the molecule is CC(C)(C)[C@H](N)c1nc(Cc2ccc(Br)cc2)no1. The van der Waals surface area contributed by atoms with Gasteiger partial charge in [0.25, 0.3) is 0 Å². The summed E-state index contributed by atoms with van der Waals surface area (Å²) in [6.45, 7) is 6.16. The Labute approximate surface area is 121 Å². The van der Waals surface area contributed by atoms with Crippen LogP contribution in [0, 0.1) is 5.41 Å². The van der Waals surface area contributed by atoms with Gasteiger partial charge >= 0.3 is 0 Å². The Balaban J connectivity index is 2.11. The third-order valence-corrected chi connectivity index (χ3v) is 3.49. The van der Waals surface area contributed by atoms with Gasteiger partial charge in [0.15, 0.2) is 5.82 Å². The van der Waals surface area contributed by atoms with E-state index in [1.807, 2.05) is 24.3 Å². The first-order chi connectivity index (χ1) is 8.86. The van der Waals surface area contributed by atoms with Gasteiger partial charge in [-0.3, -0.25) is 0 Å². The number of hydrogen-bond donors (Lipinski definition) is 1. The third-order valence-electron chi connectivity index (χ3n) is 2.96. The Hall–Kier alpha value is -1.20. The number of halogens is 1. The maximum atomic E-state index is 6.10. The van der Waals surface area contributed by atoms with E-state index in [4.69, 9.17) is 10.3 Å². The summed E-state index contributed by atoms with van der Waals surface area (Å²) in [5, 5.41) is 3.99. The molecule has 2 N–H and O–H groups in total. The molecule has 5 heteroatoms. The van der Waals surface area contributed by atoms with Gasteiger partial charge in [-0.25, -0.2) is 0 Å². The summed E-state index contributed by atoms with van der Waals surface area (Å²) >= 11 is 3.41. The molecule has 0 amide bonds. The van der Waals surface area contributed by atoms with E-state index in [-0.39, 0.29) is 11.5 Å². The van der Waals surface area contributed by atoms with Crippen LogP contribution in [0.4, 0.5) is 0 Å². The average molecular weight is 324 g/mol. The minimum atomic E-state index is -0.251. The Morgan fingerprint density at radius 1 is 1.26 bits per heavy atom. The van der Waals surface area contributed by atoms with E-state index in [2.05, 4.69) is 46.8 Å². The van der Waals surface area contributed by atoms with Crippen molar-refractivity contribution in [3.8, 4) is 0 Å². The maximum Gasteiger partial charge on any atom is 0.244 e. The summed E-state index contributed by atoms with van der Waals surface area (Å²) in [6, 6.07) is 7.81. The number of rotatable bonds is 3. The molecule has 0 aliphatic heterocycles. The van der Waals surface area contributed by atoms with Crippen LogP contribution in [0.15, 0.2) is 33.3 Å². The molecule has 0 aliphatic rings. The zero-order valence-electron chi connectivity index (χ0n) is 11.4. The van der Waals surface area contributed by atoms with Gasteiger partial charge in [0.1, 0.15) is 0 Å². The number of nitrogens with two attached hydrogens (primary N) is 1. The van der Waals surface area contributed by atoms with Gasteiger partial charge in [0.2, 0.25) is 5.89 Å². The van der Waals surface area contributed by atoms with Crippen molar-refractivity contribution in [2.75, 3.05) is 0 Å². The fraction of sp³-hybridized carbons (Fsp3) is 0.429. The van der Waals surface area contributed by atoms with Crippen LogP contribution in [-0.4, -0.2) is 10.1 Å². The highest BCUT2D eigenvalue weighted by Gasteiger charge is 2.27. The molecule has 2 rings (SSSR count). The smallest absolute Gasteiger partial charge is 0.244 e. The molecule has 4 nitrogen and oxygen atoms in total. The molecule has 0 fully saturated rings. The summed E-state index contributed by atoms with van der Waals surface area (Å²) in [5.74, 6) is 1.16. The molecule has 0 saturated heterocycles. The lowest BCUT2D eigenvalue weighted by atomic mass is 9.87. The van der Waals surface area contributed by atoms with Crippen LogP contribution < -0.4 is 5.73 Å². The molecule has 102 valence electrons. The van der Waals surface area contributed by atoms with Crippen molar-refractivity contribution in [1.82, 2.24) is 10.1 Å². The average Bonchev–Trinajstić information content (AvgIpc) is 2.78. The first-order valence-corrected chi connectivity index (χ1v) is 6.98. The lowest BCUT2D eigenvalue weighted by Crippen LogP contribution is -2.26. The lowest BCUT2D eigenvalue weighted by molar-refractivity contribution is 0.252. The second-order valence-electron chi connectivity index (χ2n) is 5.70. The number of aromatic nitrogens is 2. The zero-order valence-corrected chi connectivity index (χ0v) is 12.9. The quantitative estimate of drug-likeness (QED) is 0.939. The summed E-state index contributed by atoms with van der Waals surface area (Å²) in [6.07, 6.45) is 0.646. The van der Waals surface area contributed by atoms with Gasteiger partial charge in [-0.15, -0.1) is 0 Å². The third kappa shape index (κ3) is 3.64. The number of nitrogens with zero attached hydrogens (tertiary/aromatic N) is 2. The van der Waals surface area contributed by atoms with Crippen LogP contribution >= 0.6 is 15.9 Å². The number of benzene rings is 1. The first kappa shape index (κ1) is 14.2. The van der Waals surface area contributed by atoms with E-state index in [0.717, 1.165) is 10.0 Å². The molecule has 0 aliphatic carbocycles. The molecular weight excluding hydrogens is 306 g/mol. The monoisotopic (exact) mass is 323 g/mol. The molecule has 0 unspecified atom stereocenters. The van der Waals surface area contributed by atoms with Gasteiger partial charge in [0.05, 0.1) is 6.04 Å². The topological polar surface area (TPSA) is 64.9 Å². The van der Waals surface area contributed by atoms with Crippen molar-refractivity contribution < 1.29 is 4.52 Å². The zero-order chi connectivity index (χ0) is 14.0. The van der Waals surface area contributed by atoms with Crippen molar-refractivity contribution in [2.45, 2.75) is 33.2 Å². The van der Waals surface area contributed by atoms with E-state index >= 15 is 0 Å². The van der Waals surface area contributed by atoms with E-state index < -0.39 is 0 Å². The highest BCUT2D eigenvalue weighted by Crippen LogP contribution is 2.29. The van der Waals surface area contributed by atoms with Gasteiger partial charge in [0, 0.05) is 10.9 Å². The summed E-state index contributed by atoms with van der Waals surface area (Å²) in [7, 11) is 0. The fourth-order valence-corrected chi connectivity index (χ4v) is 1.89.